The van der Waals surface area contributed by atoms with Crippen LogP contribution in [0, 0.1) is 37.0 Å². The summed E-state index contributed by atoms with van der Waals surface area (Å²) in [6.45, 7) is 3.53. The standard InChI is InChI=1S/C23H33N3O4S/c1-15-3-4-16(2)20(7-15)31(29,30)24-6-5-21(27)25-26-22(28)14-23-11-17-8-18(12-23)10-19(9-17)13-23/h3-4,7,17-19,24H,5-6,8-14H2,1-2H3,(H,25,27)(H,26,28). The lowest BCUT2D eigenvalue weighted by Crippen LogP contribution is -2.50. The second-order valence-electron chi connectivity index (χ2n) is 10.1. The molecule has 4 saturated carbocycles. The van der Waals surface area contributed by atoms with Crippen LogP contribution in [0.25, 0.3) is 0 Å². The van der Waals surface area contributed by atoms with Crippen LogP contribution in [0.2, 0.25) is 0 Å². The minimum absolute atomic E-state index is 0.0353. The number of rotatable bonds is 7. The number of aryl methyl sites for hydroxylation is 2. The number of carbonyl (C=O) groups is 2. The highest BCUT2D eigenvalue weighted by atomic mass is 32.2. The molecule has 1 aromatic rings. The molecule has 0 unspecified atom stereocenters. The topological polar surface area (TPSA) is 104 Å². The van der Waals surface area contributed by atoms with Gasteiger partial charge in [-0.1, -0.05) is 12.1 Å². The molecule has 5 rings (SSSR count). The van der Waals surface area contributed by atoms with Crippen LogP contribution in [-0.4, -0.2) is 26.8 Å². The number of carbonyl (C=O) groups excluding carboxylic acids is 2. The van der Waals surface area contributed by atoms with Gasteiger partial charge in [0, 0.05) is 19.4 Å². The molecule has 8 heteroatoms. The van der Waals surface area contributed by atoms with Crippen molar-refractivity contribution in [3.8, 4) is 0 Å². The molecule has 1 aromatic carbocycles. The van der Waals surface area contributed by atoms with E-state index >= 15 is 0 Å². The van der Waals surface area contributed by atoms with Crippen molar-refractivity contribution in [1.29, 1.82) is 0 Å². The van der Waals surface area contributed by atoms with Crippen LogP contribution in [0.3, 0.4) is 0 Å². The molecule has 0 spiro atoms. The van der Waals surface area contributed by atoms with Gasteiger partial charge in [-0.05, 0) is 92.7 Å². The fourth-order valence-corrected chi connectivity index (χ4v) is 7.83. The first kappa shape index (κ1) is 22.3. The van der Waals surface area contributed by atoms with E-state index in [4.69, 9.17) is 0 Å². The normalized spacial score (nSPS) is 29.0. The van der Waals surface area contributed by atoms with E-state index < -0.39 is 15.9 Å². The minimum Gasteiger partial charge on any atom is -0.273 e. The zero-order chi connectivity index (χ0) is 22.2. The fourth-order valence-electron chi connectivity index (χ4n) is 6.47. The monoisotopic (exact) mass is 447 g/mol. The minimum atomic E-state index is -3.69. The Kier molecular flexibility index (Phi) is 6.14. The van der Waals surface area contributed by atoms with Gasteiger partial charge < -0.3 is 0 Å². The molecular weight excluding hydrogens is 414 g/mol. The summed E-state index contributed by atoms with van der Waals surface area (Å²) in [5.74, 6) is 1.77. The summed E-state index contributed by atoms with van der Waals surface area (Å²) in [5.41, 5.74) is 6.60. The Morgan fingerprint density at radius 3 is 2.16 bits per heavy atom. The first-order chi connectivity index (χ1) is 14.6. The molecule has 0 saturated heterocycles. The van der Waals surface area contributed by atoms with Crippen molar-refractivity contribution < 1.29 is 18.0 Å². The Morgan fingerprint density at radius 1 is 0.968 bits per heavy atom. The Labute approximate surface area is 184 Å². The Balaban J connectivity index is 1.21. The summed E-state index contributed by atoms with van der Waals surface area (Å²) in [6, 6.07) is 5.23. The molecule has 4 aliphatic rings. The van der Waals surface area contributed by atoms with Crippen molar-refractivity contribution >= 4 is 21.8 Å². The SMILES string of the molecule is Cc1ccc(C)c(S(=O)(=O)NCCC(=O)NNC(=O)CC23CC4CC(CC(C4)C2)C3)c1. The van der Waals surface area contributed by atoms with Gasteiger partial charge in [-0.15, -0.1) is 0 Å². The van der Waals surface area contributed by atoms with Gasteiger partial charge in [-0.3, -0.25) is 20.4 Å². The lowest BCUT2D eigenvalue weighted by molar-refractivity contribution is -0.134. The average molecular weight is 448 g/mol. The van der Waals surface area contributed by atoms with E-state index in [1.165, 1.54) is 19.3 Å². The van der Waals surface area contributed by atoms with Crippen LogP contribution in [0.4, 0.5) is 0 Å². The highest BCUT2D eigenvalue weighted by Crippen LogP contribution is 2.61. The van der Waals surface area contributed by atoms with Crippen molar-refractivity contribution in [2.45, 2.75) is 70.1 Å². The molecule has 0 atom stereocenters. The highest BCUT2D eigenvalue weighted by Gasteiger charge is 2.51. The molecule has 0 radical (unpaired) electrons. The molecular formula is C23H33N3O4S. The summed E-state index contributed by atoms with van der Waals surface area (Å²) < 4.78 is 27.4. The van der Waals surface area contributed by atoms with Crippen LogP contribution in [-0.2, 0) is 19.6 Å². The zero-order valence-electron chi connectivity index (χ0n) is 18.4. The lowest BCUT2D eigenvalue weighted by Gasteiger charge is -2.56. The zero-order valence-corrected chi connectivity index (χ0v) is 19.2. The van der Waals surface area contributed by atoms with E-state index in [9.17, 15) is 18.0 Å². The summed E-state index contributed by atoms with van der Waals surface area (Å²) in [5, 5.41) is 0. The number of amides is 2. The number of nitrogens with one attached hydrogen (secondary N) is 3. The van der Waals surface area contributed by atoms with Gasteiger partial charge in [-0.25, -0.2) is 13.1 Å². The van der Waals surface area contributed by atoms with E-state index in [1.807, 2.05) is 13.0 Å². The van der Waals surface area contributed by atoms with Crippen LogP contribution < -0.4 is 15.6 Å². The average Bonchev–Trinajstić information content (AvgIpc) is 2.66. The van der Waals surface area contributed by atoms with Crippen molar-refractivity contribution in [1.82, 2.24) is 15.6 Å². The van der Waals surface area contributed by atoms with E-state index in [0.717, 1.165) is 42.6 Å². The number of hydrazine groups is 1. The summed E-state index contributed by atoms with van der Waals surface area (Å²) in [4.78, 5) is 24.8. The van der Waals surface area contributed by atoms with Gasteiger partial charge in [0.05, 0.1) is 4.90 Å². The van der Waals surface area contributed by atoms with Gasteiger partial charge in [0.1, 0.15) is 0 Å². The van der Waals surface area contributed by atoms with Crippen molar-refractivity contribution in [2.24, 2.45) is 23.2 Å². The molecule has 0 aliphatic heterocycles. The molecule has 170 valence electrons. The first-order valence-electron chi connectivity index (χ1n) is 11.3. The molecule has 4 fully saturated rings. The second kappa shape index (κ2) is 8.54. The van der Waals surface area contributed by atoms with Crippen molar-refractivity contribution in [3.63, 3.8) is 0 Å². The Hall–Kier alpha value is -1.93. The lowest BCUT2D eigenvalue weighted by atomic mass is 9.49. The highest BCUT2D eigenvalue weighted by molar-refractivity contribution is 7.89. The van der Waals surface area contributed by atoms with Crippen molar-refractivity contribution in [2.75, 3.05) is 6.54 Å². The third-order valence-electron chi connectivity index (χ3n) is 7.32. The molecule has 31 heavy (non-hydrogen) atoms. The Morgan fingerprint density at radius 2 is 1.55 bits per heavy atom. The van der Waals surface area contributed by atoms with E-state index in [-0.39, 0.29) is 29.2 Å². The third-order valence-corrected chi connectivity index (χ3v) is 8.92. The summed E-state index contributed by atoms with van der Waals surface area (Å²) >= 11 is 0. The Bertz CT molecular complexity index is 938. The predicted octanol–water partition coefficient (Wildman–Crippen LogP) is 2.73. The fraction of sp³-hybridized carbons (Fsp3) is 0.652. The summed E-state index contributed by atoms with van der Waals surface area (Å²) in [6.07, 6.45) is 7.82. The largest absolute Gasteiger partial charge is 0.273 e. The maximum atomic E-state index is 12.5. The maximum absolute atomic E-state index is 12.5. The molecule has 2 amide bonds. The van der Waals surface area contributed by atoms with E-state index in [0.29, 0.717) is 12.0 Å². The smallest absolute Gasteiger partial charge is 0.240 e. The molecule has 4 aliphatic carbocycles. The second-order valence-corrected chi connectivity index (χ2v) is 11.8. The molecule has 0 aromatic heterocycles. The molecule has 7 nitrogen and oxygen atoms in total. The predicted molar refractivity (Wildman–Crippen MR) is 117 cm³/mol. The van der Waals surface area contributed by atoms with Gasteiger partial charge >= 0.3 is 0 Å². The third kappa shape index (κ3) is 5.12. The summed E-state index contributed by atoms with van der Waals surface area (Å²) in [7, 11) is -3.69. The van der Waals surface area contributed by atoms with Gasteiger partial charge in [-0.2, -0.15) is 0 Å². The van der Waals surface area contributed by atoms with Gasteiger partial charge in [0.25, 0.3) is 0 Å². The van der Waals surface area contributed by atoms with Gasteiger partial charge in [0.15, 0.2) is 0 Å². The van der Waals surface area contributed by atoms with E-state index in [1.54, 1.807) is 19.1 Å². The van der Waals surface area contributed by atoms with Crippen LogP contribution in [0.15, 0.2) is 23.1 Å². The van der Waals surface area contributed by atoms with Gasteiger partial charge in [0.2, 0.25) is 21.8 Å². The van der Waals surface area contributed by atoms with Crippen LogP contribution in [0.1, 0.15) is 62.5 Å². The molecule has 4 bridgehead atoms. The number of benzene rings is 1. The molecule has 0 heterocycles. The van der Waals surface area contributed by atoms with Crippen LogP contribution in [0.5, 0.6) is 0 Å². The number of hydrogen-bond acceptors (Lipinski definition) is 4. The number of hydrogen-bond donors (Lipinski definition) is 3. The first-order valence-corrected chi connectivity index (χ1v) is 12.8. The quantitative estimate of drug-likeness (QED) is 0.559. The van der Waals surface area contributed by atoms with E-state index in [2.05, 4.69) is 15.6 Å². The molecule has 3 N–H and O–H groups in total. The maximum Gasteiger partial charge on any atom is 0.240 e. The van der Waals surface area contributed by atoms with Crippen molar-refractivity contribution in [3.05, 3.63) is 29.3 Å². The van der Waals surface area contributed by atoms with Crippen LogP contribution >= 0.6 is 0 Å². The number of sulfonamides is 1.